The Morgan fingerprint density at radius 1 is 0.731 bits per heavy atom. The van der Waals surface area contributed by atoms with E-state index in [0.717, 1.165) is 24.0 Å². The summed E-state index contributed by atoms with van der Waals surface area (Å²) in [7, 11) is 0. The van der Waals surface area contributed by atoms with Crippen molar-refractivity contribution in [2.75, 3.05) is 0 Å². The molecular weight excluding hydrogens is 328 g/mol. The molecule has 134 valence electrons. The van der Waals surface area contributed by atoms with Crippen LogP contribution in [0.15, 0.2) is 72.8 Å². The summed E-state index contributed by atoms with van der Waals surface area (Å²) in [6.45, 7) is 3.99. The third-order valence-corrected chi connectivity index (χ3v) is 3.70. The van der Waals surface area contributed by atoms with Gasteiger partial charge in [-0.05, 0) is 36.1 Å². The first-order chi connectivity index (χ1) is 12.6. The van der Waals surface area contributed by atoms with Crippen LogP contribution in [0.5, 0.6) is 11.5 Å². The van der Waals surface area contributed by atoms with Gasteiger partial charge >= 0.3 is 11.9 Å². The largest absolute Gasteiger partial charge is 0.423 e. The van der Waals surface area contributed by atoms with E-state index < -0.39 is 11.9 Å². The number of hydrogen-bond donors (Lipinski definition) is 0. The van der Waals surface area contributed by atoms with Crippen LogP contribution in [0.2, 0.25) is 0 Å². The van der Waals surface area contributed by atoms with Crippen LogP contribution in [-0.2, 0) is 22.4 Å². The Bertz CT molecular complexity index is 749. The van der Waals surface area contributed by atoms with Crippen molar-refractivity contribution in [2.45, 2.75) is 26.7 Å². The highest BCUT2D eigenvalue weighted by atomic mass is 16.5. The van der Waals surface area contributed by atoms with Crippen LogP contribution in [0.1, 0.15) is 25.0 Å². The standard InChI is InChI=1S/C22H22O4/c1-3-17-11-5-7-13-19(17)25-21(23)15-9-10-16-22(24)26-20-14-8-6-12-18(20)4-2/h5-16H,3-4H2,1-2H3. The van der Waals surface area contributed by atoms with Gasteiger partial charge in [0.25, 0.3) is 0 Å². The van der Waals surface area contributed by atoms with Crippen LogP contribution < -0.4 is 9.47 Å². The molecule has 0 amide bonds. The van der Waals surface area contributed by atoms with Crippen molar-refractivity contribution in [3.63, 3.8) is 0 Å². The number of carbonyl (C=O) groups is 2. The molecule has 0 aromatic heterocycles. The summed E-state index contributed by atoms with van der Waals surface area (Å²) >= 11 is 0. The number of carbonyl (C=O) groups excluding carboxylic acids is 2. The first kappa shape index (κ1) is 19.2. The molecule has 4 heteroatoms. The van der Waals surface area contributed by atoms with E-state index in [2.05, 4.69) is 0 Å². The predicted octanol–water partition coefficient (Wildman–Crippen LogP) is 4.43. The van der Waals surface area contributed by atoms with E-state index in [1.54, 1.807) is 12.1 Å². The molecule has 0 radical (unpaired) electrons. The number of benzene rings is 2. The van der Waals surface area contributed by atoms with Gasteiger partial charge in [0.05, 0.1) is 0 Å². The van der Waals surface area contributed by atoms with Gasteiger partial charge in [-0.3, -0.25) is 0 Å². The predicted molar refractivity (Wildman–Crippen MR) is 101 cm³/mol. The van der Waals surface area contributed by atoms with Crippen molar-refractivity contribution in [3.8, 4) is 11.5 Å². The zero-order valence-corrected chi connectivity index (χ0v) is 15.0. The van der Waals surface area contributed by atoms with E-state index in [0.29, 0.717) is 11.5 Å². The molecule has 0 aliphatic carbocycles. The Hall–Kier alpha value is -3.14. The number of hydrogen-bond acceptors (Lipinski definition) is 4. The molecule has 0 N–H and O–H groups in total. The monoisotopic (exact) mass is 350 g/mol. The number of para-hydroxylation sites is 2. The number of esters is 2. The van der Waals surface area contributed by atoms with Gasteiger partial charge in [-0.1, -0.05) is 62.4 Å². The van der Waals surface area contributed by atoms with Crippen LogP contribution in [0.4, 0.5) is 0 Å². The van der Waals surface area contributed by atoms with Gasteiger partial charge in [0, 0.05) is 12.2 Å². The van der Waals surface area contributed by atoms with Gasteiger partial charge in [0.1, 0.15) is 11.5 Å². The average Bonchev–Trinajstić information content (AvgIpc) is 2.66. The molecule has 0 spiro atoms. The fraction of sp³-hybridized carbons (Fsp3) is 0.182. The molecule has 0 unspecified atom stereocenters. The second kappa shape index (κ2) is 9.99. The fourth-order valence-corrected chi connectivity index (χ4v) is 2.34. The SMILES string of the molecule is CCc1ccccc1OC(=O)C=CC=CC(=O)Oc1ccccc1CC. The van der Waals surface area contributed by atoms with Crippen LogP contribution in [0.25, 0.3) is 0 Å². The highest BCUT2D eigenvalue weighted by Gasteiger charge is 2.05. The summed E-state index contributed by atoms with van der Waals surface area (Å²) in [6.07, 6.45) is 6.97. The minimum atomic E-state index is -0.500. The van der Waals surface area contributed by atoms with Gasteiger partial charge in [-0.2, -0.15) is 0 Å². The topological polar surface area (TPSA) is 52.6 Å². The summed E-state index contributed by atoms with van der Waals surface area (Å²) in [4.78, 5) is 23.7. The van der Waals surface area contributed by atoms with Crippen molar-refractivity contribution < 1.29 is 19.1 Å². The highest BCUT2D eigenvalue weighted by Crippen LogP contribution is 2.19. The lowest BCUT2D eigenvalue weighted by Crippen LogP contribution is -2.06. The Morgan fingerprint density at radius 2 is 1.12 bits per heavy atom. The molecule has 0 aliphatic rings. The van der Waals surface area contributed by atoms with Gasteiger partial charge in [0.2, 0.25) is 0 Å². The molecule has 26 heavy (non-hydrogen) atoms. The number of ether oxygens (including phenoxy) is 2. The number of allylic oxidation sites excluding steroid dienone is 2. The number of rotatable bonds is 7. The third kappa shape index (κ3) is 5.74. The van der Waals surface area contributed by atoms with Gasteiger partial charge in [-0.15, -0.1) is 0 Å². The van der Waals surface area contributed by atoms with Crippen molar-refractivity contribution in [2.24, 2.45) is 0 Å². The quantitative estimate of drug-likeness (QED) is 0.321. The Labute approximate surface area is 153 Å². The summed E-state index contributed by atoms with van der Waals surface area (Å²) in [5.41, 5.74) is 1.92. The fourth-order valence-electron chi connectivity index (χ4n) is 2.34. The maximum Gasteiger partial charge on any atom is 0.336 e. The highest BCUT2D eigenvalue weighted by molar-refractivity contribution is 5.86. The van der Waals surface area contributed by atoms with E-state index in [1.165, 1.54) is 24.3 Å². The molecule has 0 heterocycles. The van der Waals surface area contributed by atoms with Crippen molar-refractivity contribution >= 4 is 11.9 Å². The van der Waals surface area contributed by atoms with E-state index in [9.17, 15) is 9.59 Å². The van der Waals surface area contributed by atoms with Crippen LogP contribution >= 0.6 is 0 Å². The first-order valence-corrected chi connectivity index (χ1v) is 8.58. The third-order valence-electron chi connectivity index (χ3n) is 3.70. The minimum absolute atomic E-state index is 0.500. The average molecular weight is 350 g/mol. The van der Waals surface area contributed by atoms with E-state index in [1.807, 2.05) is 50.2 Å². The zero-order valence-electron chi connectivity index (χ0n) is 15.0. The van der Waals surface area contributed by atoms with Crippen LogP contribution in [-0.4, -0.2) is 11.9 Å². The Kier molecular flexibility index (Phi) is 7.37. The molecular formula is C22H22O4. The number of aryl methyl sites for hydroxylation is 2. The smallest absolute Gasteiger partial charge is 0.336 e. The Morgan fingerprint density at radius 3 is 1.50 bits per heavy atom. The summed E-state index contributed by atoms with van der Waals surface area (Å²) < 4.78 is 10.6. The second-order valence-corrected chi connectivity index (χ2v) is 5.48. The Balaban J connectivity index is 1.88. The lowest BCUT2D eigenvalue weighted by molar-refractivity contribution is -0.130. The van der Waals surface area contributed by atoms with Crippen molar-refractivity contribution in [1.82, 2.24) is 0 Å². The molecule has 0 fully saturated rings. The van der Waals surface area contributed by atoms with Gasteiger partial charge in [-0.25, -0.2) is 9.59 Å². The van der Waals surface area contributed by atoms with Gasteiger partial charge < -0.3 is 9.47 Å². The molecule has 2 aromatic rings. The lowest BCUT2D eigenvalue weighted by Gasteiger charge is -2.06. The zero-order chi connectivity index (χ0) is 18.8. The maximum absolute atomic E-state index is 11.8. The second-order valence-electron chi connectivity index (χ2n) is 5.48. The minimum Gasteiger partial charge on any atom is -0.423 e. The van der Waals surface area contributed by atoms with E-state index in [4.69, 9.17) is 9.47 Å². The summed E-state index contributed by atoms with van der Waals surface area (Å²) in [6, 6.07) is 14.8. The van der Waals surface area contributed by atoms with E-state index in [-0.39, 0.29) is 0 Å². The molecule has 0 aliphatic heterocycles. The molecule has 4 nitrogen and oxygen atoms in total. The molecule has 0 atom stereocenters. The van der Waals surface area contributed by atoms with Crippen molar-refractivity contribution in [1.29, 1.82) is 0 Å². The van der Waals surface area contributed by atoms with Crippen LogP contribution in [0, 0.1) is 0 Å². The molecule has 2 aromatic carbocycles. The maximum atomic E-state index is 11.8. The lowest BCUT2D eigenvalue weighted by atomic mass is 10.1. The van der Waals surface area contributed by atoms with E-state index >= 15 is 0 Å². The molecule has 2 rings (SSSR count). The summed E-state index contributed by atoms with van der Waals surface area (Å²) in [5, 5.41) is 0. The van der Waals surface area contributed by atoms with Crippen molar-refractivity contribution in [3.05, 3.63) is 84.0 Å². The summed E-state index contributed by atoms with van der Waals surface area (Å²) in [5.74, 6) is 0.0916. The van der Waals surface area contributed by atoms with Gasteiger partial charge in [0.15, 0.2) is 0 Å². The van der Waals surface area contributed by atoms with Crippen LogP contribution in [0.3, 0.4) is 0 Å². The normalized spacial score (nSPS) is 11.0. The molecule has 0 saturated carbocycles. The first-order valence-electron chi connectivity index (χ1n) is 8.58. The molecule has 0 saturated heterocycles. The molecule has 0 bridgehead atoms.